The highest BCUT2D eigenvalue weighted by Gasteiger charge is 2.30. The molecular formula is C20H16N2O6S. The monoisotopic (exact) mass is 412 g/mol. The van der Waals surface area contributed by atoms with Gasteiger partial charge in [0.1, 0.15) is 16.2 Å². The Labute approximate surface area is 168 Å². The Balaban J connectivity index is 1.62. The summed E-state index contributed by atoms with van der Waals surface area (Å²) in [7, 11) is 1.24. The number of carbonyl (C=O) groups excluding carboxylic acids is 3. The molecule has 1 amide bonds. The molecule has 0 radical (unpaired) electrons. The Kier molecular flexibility index (Phi) is 4.89. The van der Waals surface area contributed by atoms with E-state index in [-0.39, 0.29) is 34.2 Å². The number of rotatable bonds is 4. The molecule has 9 heteroatoms. The predicted octanol–water partition coefficient (Wildman–Crippen LogP) is 2.98. The highest BCUT2D eigenvalue weighted by atomic mass is 32.1. The van der Waals surface area contributed by atoms with Crippen molar-refractivity contribution in [1.82, 2.24) is 4.98 Å². The van der Waals surface area contributed by atoms with Gasteiger partial charge < -0.3 is 19.5 Å². The first kappa shape index (κ1) is 18.9. The number of furan rings is 1. The van der Waals surface area contributed by atoms with Gasteiger partial charge in [0.2, 0.25) is 0 Å². The van der Waals surface area contributed by atoms with Gasteiger partial charge in [0.05, 0.1) is 19.1 Å². The number of thiophene rings is 1. The molecule has 148 valence electrons. The van der Waals surface area contributed by atoms with Crippen LogP contribution in [0.25, 0.3) is 0 Å². The molecule has 0 spiro atoms. The first-order valence-corrected chi connectivity index (χ1v) is 9.66. The standard InChI is InChI=1S/C20H16N2O6S/c1-27-20(26)17-13(4-6-29-17)21-18(24)12-9-11-14(22-19(12)25)7-10(8-15(11)23)16-3-2-5-28-16/h2-6,9-10H,7-8H2,1H3,(H,21,24)(H,22,25)/t10-/m0/s1. The molecule has 0 saturated carbocycles. The van der Waals surface area contributed by atoms with Crippen LogP contribution in [0.3, 0.4) is 0 Å². The number of methoxy groups -OCH3 is 1. The van der Waals surface area contributed by atoms with E-state index in [1.807, 2.05) is 0 Å². The van der Waals surface area contributed by atoms with Gasteiger partial charge in [-0.05, 0) is 36.1 Å². The van der Waals surface area contributed by atoms with Crippen molar-refractivity contribution in [3.05, 3.63) is 73.7 Å². The number of carbonyl (C=O) groups is 3. The molecule has 3 aromatic heterocycles. The number of H-pyrrole nitrogens is 1. The van der Waals surface area contributed by atoms with E-state index in [1.54, 1.807) is 29.8 Å². The molecule has 0 aliphatic heterocycles. The minimum Gasteiger partial charge on any atom is -0.469 e. The van der Waals surface area contributed by atoms with Crippen molar-refractivity contribution < 1.29 is 23.5 Å². The molecular weight excluding hydrogens is 396 g/mol. The van der Waals surface area contributed by atoms with Crippen LogP contribution in [-0.2, 0) is 11.2 Å². The second kappa shape index (κ2) is 7.51. The first-order chi connectivity index (χ1) is 14.0. The number of amides is 1. The second-order valence-electron chi connectivity index (χ2n) is 6.56. The summed E-state index contributed by atoms with van der Waals surface area (Å²) in [6.07, 6.45) is 2.20. The van der Waals surface area contributed by atoms with Crippen molar-refractivity contribution in [1.29, 1.82) is 0 Å². The van der Waals surface area contributed by atoms with Gasteiger partial charge in [-0.3, -0.25) is 14.4 Å². The number of Topliss-reactive ketones (excluding diaryl/α,β-unsaturated/α-hetero) is 1. The Bertz CT molecular complexity index is 1160. The summed E-state index contributed by atoms with van der Waals surface area (Å²) in [5.74, 6) is -0.954. The van der Waals surface area contributed by atoms with Crippen molar-refractivity contribution in [2.24, 2.45) is 0 Å². The average Bonchev–Trinajstić information content (AvgIpc) is 3.38. The third-order valence-electron chi connectivity index (χ3n) is 4.78. The van der Waals surface area contributed by atoms with Gasteiger partial charge in [-0.1, -0.05) is 0 Å². The summed E-state index contributed by atoms with van der Waals surface area (Å²) in [5, 5.41) is 4.16. The molecule has 2 N–H and O–H groups in total. The van der Waals surface area contributed by atoms with Crippen molar-refractivity contribution in [2.75, 3.05) is 12.4 Å². The molecule has 3 heterocycles. The summed E-state index contributed by atoms with van der Waals surface area (Å²) in [6.45, 7) is 0. The topological polar surface area (TPSA) is 118 Å². The van der Waals surface area contributed by atoms with Crippen LogP contribution in [-0.4, -0.2) is 29.8 Å². The number of anilines is 1. The zero-order valence-electron chi connectivity index (χ0n) is 15.3. The summed E-state index contributed by atoms with van der Waals surface area (Å²) >= 11 is 1.11. The maximum Gasteiger partial charge on any atom is 0.350 e. The molecule has 1 aliphatic carbocycles. The molecule has 0 unspecified atom stereocenters. The SMILES string of the molecule is COC(=O)c1sccc1NC(=O)c1cc2c([nH]c1=O)C[C@H](c1ccco1)CC2=O. The molecule has 0 fully saturated rings. The highest BCUT2D eigenvalue weighted by Crippen LogP contribution is 2.32. The van der Waals surface area contributed by atoms with E-state index >= 15 is 0 Å². The third-order valence-corrected chi connectivity index (χ3v) is 5.67. The van der Waals surface area contributed by atoms with Gasteiger partial charge in [0, 0.05) is 23.6 Å². The van der Waals surface area contributed by atoms with Crippen LogP contribution in [0, 0.1) is 0 Å². The number of fused-ring (bicyclic) bond motifs is 1. The molecule has 0 saturated heterocycles. The number of hydrogen-bond donors (Lipinski definition) is 2. The van der Waals surface area contributed by atoms with Crippen molar-refractivity contribution in [2.45, 2.75) is 18.8 Å². The third kappa shape index (κ3) is 3.52. The number of aromatic amines is 1. The van der Waals surface area contributed by atoms with Crippen LogP contribution >= 0.6 is 11.3 Å². The van der Waals surface area contributed by atoms with Crippen LogP contribution in [0.4, 0.5) is 5.69 Å². The summed E-state index contributed by atoms with van der Waals surface area (Å²) in [5.41, 5.74) is 0.235. The molecule has 8 nitrogen and oxygen atoms in total. The van der Waals surface area contributed by atoms with Gasteiger partial charge in [-0.25, -0.2) is 4.79 Å². The number of ether oxygens (including phenoxy) is 1. The lowest BCUT2D eigenvalue weighted by Crippen LogP contribution is -2.29. The lowest BCUT2D eigenvalue weighted by atomic mass is 9.84. The van der Waals surface area contributed by atoms with Crippen LogP contribution < -0.4 is 10.9 Å². The smallest absolute Gasteiger partial charge is 0.350 e. The normalized spacial score (nSPS) is 15.6. The molecule has 29 heavy (non-hydrogen) atoms. The number of hydrogen-bond acceptors (Lipinski definition) is 7. The predicted molar refractivity (Wildman–Crippen MR) is 105 cm³/mol. The average molecular weight is 412 g/mol. The zero-order valence-corrected chi connectivity index (χ0v) is 16.1. The number of aromatic nitrogens is 1. The van der Waals surface area contributed by atoms with Crippen LogP contribution in [0.2, 0.25) is 0 Å². The van der Waals surface area contributed by atoms with Gasteiger partial charge >= 0.3 is 5.97 Å². The second-order valence-corrected chi connectivity index (χ2v) is 7.47. The Hall–Kier alpha value is -3.46. The number of ketones is 1. The van der Waals surface area contributed by atoms with Gasteiger partial charge in [-0.2, -0.15) is 0 Å². The Morgan fingerprint density at radius 2 is 2.10 bits per heavy atom. The van der Waals surface area contributed by atoms with Crippen LogP contribution in [0.5, 0.6) is 0 Å². The number of pyridine rings is 1. The summed E-state index contributed by atoms with van der Waals surface area (Å²) in [4.78, 5) is 52.4. The molecule has 0 bridgehead atoms. The van der Waals surface area contributed by atoms with Gasteiger partial charge in [0.25, 0.3) is 11.5 Å². The largest absolute Gasteiger partial charge is 0.469 e. The summed E-state index contributed by atoms with van der Waals surface area (Å²) in [6, 6.07) is 6.40. The minimum absolute atomic E-state index is 0.159. The van der Waals surface area contributed by atoms with Crippen molar-refractivity contribution in [3.8, 4) is 0 Å². The Morgan fingerprint density at radius 3 is 2.83 bits per heavy atom. The summed E-state index contributed by atoms with van der Waals surface area (Å²) < 4.78 is 10.1. The Morgan fingerprint density at radius 1 is 1.28 bits per heavy atom. The van der Waals surface area contributed by atoms with Gasteiger partial charge in [0.15, 0.2) is 5.78 Å². The lowest BCUT2D eigenvalue weighted by Gasteiger charge is -2.22. The fourth-order valence-electron chi connectivity index (χ4n) is 3.37. The van der Waals surface area contributed by atoms with Crippen LogP contribution in [0.1, 0.15) is 54.2 Å². The lowest BCUT2D eigenvalue weighted by molar-refractivity contribution is 0.0607. The number of esters is 1. The van der Waals surface area contributed by atoms with Crippen LogP contribution in [0.15, 0.2) is 45.1 Å². The van der Waals surface area contributed by atoms with Crippen molar-refractivity contribution in [3.63, 3.8) is 0 Å². The fourth-order valence-corrected chi connectivity index (χ4v) is 4.14. The minimum atomic E-state index is -0.710. The number of nitrogens with one attached hydrogen (secondary N) is 2. The quantitative estimate of drug-likeness (QED) is 0.636. The maximum absolute atomic E-state index is 12.6. The molecule has 4 rings (SSSR count). The molecule has 1 atom stereocenters. The van der Waals surface area contributed by atoms with Gasteiger partial charge in [-0.15, -0.1) is 11.3 Å². The van der Waals surface area contributed by atoms with E-state index < -0.39 is 17.4 Å². The first-order valence-electron chi connectivity index (χ1n) is 8.78. The maximum atomic E-state index is 12.6. The molecule has 3 aromatic rings. The van der Waals surface area contributed by atoms with E-state index in [9.17, 15) is 19.2 Å². The van der Waals surface area contributed by atoms with E-state index in [0.29, 0.717) is 23.4 Å². The zero-order chi connectivity index (χ0) is 20.5. The van der Waals surface area contributed by atoms with E-state index in [4.69, 9.17) is 4.42 Å². The van der Waals surface area contributed by atoms with Crippen molar-refractivity contribution >= 4 is 34.7 Å². The van der Waals surface area contributed by atoms with E-state index in [2.05, 4.69) is 15.0 Å². The van der Waals surface area contributed by atoms with E-state index in [0.717, 1.165) is 11.3 Å². The van der Waals surface area contributed by atoms with E-state index in [1.165, 1.54) is 13.2 Å². The molecule has 1 aliphatic rings. The fraction of sp³-hybridized carbons (Fsp3) is 0.200. The molecule has 0 aromatic carbocycles. The highest BCUT2D eigenvalue weighted by molar-refractivity contribution is 7.12.